The Morgan fingerprint density at radius 3 is 2.76 bits per heavy atom. The monoisotopic (exact) mass is 286 g/mol. The molecule has 2 aromatic heterocycles. The molecule has 21 heavy (non-hydrogen) atoms. The maximum absolute atomic E-state index is 5.70. The molecule has 0 amide bonds. The minimum Gasteiger partial charge on any atom is -0.356 e. The van der Waals surface area contributed by atoms with Crippen molar-refractivity contribution in [2.45, 2.75) is 32.9 Å². The van der Waals surface area contributed by atoms with Gasteiger partial charge < -0.3 is 10.6 Å². The SMILES string of the molecule is Cc1nc(CN)cc(N2CCC(Cn3cccn3)CC2)n1. The average molecular weight is 286 g/mol. The molecule has 0 saturated carbocycles. The van der Waals surface area contributed by atoms with Gasteiger partial charge in [-0.2, -0.15) is 5.10 Å². The topological polar surface area (TPSA) is 72.9 Å². The molecule has 0 spiro atoms. The minimum atomic E-state index is 0.464. The molecule has 3 rings (SSSR count). The first-order chi connectivity index (χ1) is 10.2. The first-order valence-corrected chi connectivity index (χ1v) is 7.51. The van der Waals surface area contributed by atoms with Gasteiger partial charge in [0, 0.05) is 44.6 Å². The number of aryl methyl sites for hydroxylation is 1. The molecule has 1 aliphatic heterocycles. The Hall–Kier alpha value is -1.95. The number of nitrogens with zero attached hydrogens (tertiary/aromatic N) is 5. The highest BCUT2D eigenvalue weighted by Gasteiger charge is 2.21. The lowest BCUT2D eigenvalue weighted by molar-refractivity contribution is 0.341. The van der Waals surface area contributed by atoms with Gasteiger partial charge in [-0.3, -0.25) is 4.68 Å². The van der Waals surface area contributed by atoms with Gasteiger partial charge in [0.25, 0.3) is 0 Å². The summed E-state index contributed by atoms with van der Waals surface area (Å²) in [6, 6.07) is 3.99. The van der Waals surface area contributed by atoms with E-state index >= 15 is 0 Å². The summed E-state index contributed by atoms with van der Waals surface area (Å²) >= 11 is 0. The Balaban J connectivity index is 1.61. The highest BCUT2D eigenvalue weighted by molar-refractivity contribution is 5.40. The van der Waals surface area contributed by atoms with Gasteiger partial charge in [-0.15, -0.1) is 0 Å². The van der Waals surface area contributed by atoms with Crippen molar-refractivity contribution in [3.05, 3.63) is 36.0 Å². The third-order valence-corrected chi connectivity index (χ3v) is 4.03. The highest BCUT2D eigenvalue weighted by atomic mass is 15.3. The fraction of sp³-hybridized carbons (Fsp3) is 0.533. The van der Waals surface area contributed by atoms with Crippen LogP contribution in [0.3, 0.4) is 0 Å². The predicted molar refractivity (Wildman–Crippen MR) is 81.8 cm³/mol. The van der Waals surface area contributed by atoms with Crippen LogP contribution in [-0.4, -0.2) is 32.8 Å². The van der Waals surface area contributed by atoms with Crippen molar-refractivity contribution in [2.75, 3.05) is 18.0 Å². The molecular weight excluding hydrogens is 264 g/mol. The molecule has 0 aliphatic carbocycles. The van der Waals surface area contributed by atoms with E-state index in [4.69, 9.17) is 5.73 Å². The van der Waals surface area contributed by atoms with Crippen molar-refractivity contribution in [2.24, 2.45) is 11.7 Å². The Morgan fingerprint density at radius 2 is 2.10 bits per heavy atom. The van der Waals surface area contributed by atoms with Gasteiger partial charge >= 0.3 is 0 Å². The molecule has 0 bridgehead atoms. The summed E-state index contributed by atoms with van der Waals surface area (Å²) in [7, 11) is 0. The van der Waals surface area contributed by atoms with E-state index in [9.17, 15) is 0 Å². The third kappa shape index (κ3) is 3.39. The van der Waals surface area contributed by atoms with Crippen molar-refractivity contribution in [3.63, 3.8) is 0 Å². The van der Waals surface area contributed by atoms with Crippen LogP contribution in [0.5, 0.6) is 0 Å². The number of hydrogen-bond acceptors (Lipinski definition) is 5. The molecule has 0 aromatic carbocycles. The Kier molecular flexibility index (Phi) is 4.15. The molecule has 0 unspecified atom stereocenters. The molecule has 3 heterocycles. The number of aromatic nitrogens is 4. The molecular formula is C15H22N6. The van der Waals surface area contributed by atoms with Crippen LogP contribution in [0.25, 0.3) is 0 Å². The Labute approximate surface area is 125 Å². The number of piperidine rings is 1. The quantitative estimate of drug-likeness (QED) is 0.918. The van der Waals surface area contributed by atoms with Crippen molar-refractivity contribution >= 4 is 5.82 Å². The van der Waals surface area contributed by atoms with Gasteiger partial charge in [0.2, 0.25) is 0 Å². The molecule has 6 heteroatoms. The molecule has 2 N–H and O–H groups in total. The van der Waals surface area contributed by atoms with E-state index in [0.717, 1.165) is 37.0 Å². The van der Waals surface area contributed by atoms with E-state index < -0.39 is 0 Å². The van der Waals surface area contributed by atoms with Crippen LogP contribution in [-0.2, 0) is 13.1 Å². The number of hydrogen-bond donors (Lipinski definition) is 1. The van der Waals surface area contributed by atoms with E-state index in [1.165, 1.54) is 12.8 Å². The molecule has 2 aromatic rings. The standard InChI is InChI=1S/C15H22N6/c1-12-18-14(10-16)9-15(19-12)20-7-3-13(4-8-20)11-21-6-2-5-17-21/h2,5-6,9,13H,3-4,7-8,10-11,16H2,1H3. The van der Waals surface area contributed by atoms with Gasteiger partial charge in [-0.05, 0) is 31.7 Å². The molecule has 0 atom stereocenters. The molecule has 1 aliphatic rings. The maximum atomic E-state index is 5.70. The Morgan fingerprint density at radius 1 is 1.29 bits per heavy atom. The zero-order valence-electron chi connectivity index (χ0n) is 12.4. The number of rotatable bonds is 4. The van der Waals surface area contributed by atoms with Gasteiger partial charge in [-0.1, -0.05) is 0 Å². The van der Waals surface area contributed by atoms with Gasteiger partial charge in [0.05, 0.1) is 5.69 Å². The zero-order valence-corrected chi connectivity index (χ0v) is 12.4. The summed E-state index contributed by atoms with van der Waals surface area (Å²) in [6.07, 6.45) is 6.21. The van der Waals surface area contributed by atoms with E-state index in [1.807, 2.05) is 36.1 Å². The van der Waals surface area contributed by atoms with Crippen LogP contribution >= 0.6 is 0 Å². The fourth-order valence-corrected chi connectivity index (χ4v) is 2.90. The summed E-state index contributed by atoms with van der Waals surface area (Å²) in [6.45, 7) is 5.47. The van der Waals surface area contributed by atoms with Crippen molar-refractivity contribution in [1.29, 1.82) is 0 Å². The van der Waals surface area contributed by atoms with Crippen LogP contribution in [0, 0.1) is 12.8 Å². The first kappa shape index (κ1) is 14.0. The smallest absolute Gasteiger partial charge is 0.132 e. The van der Waals surface area contributed by atoms with Crippen LogP contribution in [0.2, 0.25) is 0 Å². The van der Waals surface area contributed by atoms with Gasteiger partial charge in [0.1, 0.15) is 11.6 Å². The lowest BCUT2D eigenvalue weighted by Gasteiger charge is -2.33. The average Bonchev–Trinajstić information content (AvgIpc) is 3.00. The second-order valence-corrected chi connectivity index (χ2v) is 5.63. The van der Waals surface area contributed by atoms with Gasteiger partial charge in [0.15, 0.2) is 0 Å². The van der Waals surface area contributed by atoms with Crippen molar-refractivity contribution in [1.82, 2.24) is 19.7 Å². The summed E-state index contributed by atoms with van der Waals surface area (Å²) in [4.78, 5) is 11.2. The van der Waals surface area contributed by atoms with Crippen molar-refractivity contribution in [3.8, 4) is 0 Å². The normalized spacial score (nSPS) is 16.4. The first-order valence-electron chi connectivity index (χ1n) is 7.51. The van der Waals surface area contributed by atoms with Gasteiger partial charge in [-0.25, -0.2) is 9.97 Å². The second-order valence-electron chi connectivity index (χ2n) is 5.63. The maximum Gasteiger partial charge on any atom is 0.132 e. The van der Waals surface area contributed by atoms with Crippen LogP contribution in [0.4, 0.5) is 5.82 Å². The zero-order chi connectivity index (χ0) is 14.7. The highest BCUT2D eigenvalue weighted by Crippen LogP contribution is 2.23. The summed E-state index contributed by atoms with van der Waals surface area (Å²) in [5, 5.41) is 4.29. The van der Waals surface area contributed by atoms with E-state index in [-0.39, 0.29) is 0 Å². The van der Waals surface area contributed by atoms with Crippen LogP contribution in [0.15, 0.2) is 24.5 Å². The van der Waals surface area contributed by atoms with E-state index in [1.54, 1.807) is 0 Å². The van der Waals surface area contributed by atoms with Crippen LogP contribution < -0.4 is 10.6 Å². The lowest BCUT2D eigenvalue weighted by atomic mass is 9.97. The second kappa shape index (κ2) is 6.22. The summed E-state index contributed by atoms with van der Waals surface area (Å²) < 4.78 is 2.03. The fourth-order valence-electron chi connectivity index (χ4n) is 2.90. The summed E-state index contributed by atoms with van der Waals surface area (Å²) in [5.41, 5.74) is 6.61. The molecule has 0 radical (unpaired) electrons. The van der Waals surface area contributed by atoms with Crippen molar-refractivity contribution < 1.29 is 0 Å². The number of nitrogens with two attached hydrogens (primary N) is 1. The predicted octanol–water partition coefficient (Wildman–Crippen LogP) is 1.36. The number of anilines is 1. The van der Waals surface area contributed by atoms with Crippen LogP contribution in [0.1, 0.15) is 24.4 Å². The largest absolute Gasteiger partial charge is 0.356 e. The van der Waals surface area contributed by atoms with E-state index in [0.29, 0.717) is 12.5 Å². The summed E-state index contributed by atoms with van der Waals surface area (Å²) in [5.74, 6) is 2.50. The third-order valence-electron chi connectivity index (χ3n) is 4.03. The Bertz CT molecular complexity index is 572. The lowest BCUT2D eigenvalue weighted by Crippen LogP contribution is -2.35. The molecule has 1 saturated heterocycles. The van der Waals surface area contributed by atoms with E-state index in [2.05, 4.69) is 20.0 Å². The molecule has 112 valence electrons. The minimum absolute atomic E-state index is 0.464. The molecule has 1 fully saturated rings. The molecule has 6 nitrogen and oxygen atoms in total.